The Labute approximate surface area is 304 Å². The molecular weight excluding hydrogens is 691 g/mol. The lowest BCUT2D eigenvalue weighted by molar-refractivity contribution is 0.0212. The molecule has 2 atom stereocenters. The van der Waals surface area contributed by atoms with Crippen LogP contribution in [0.1, 0.15) is 78.1 Å². The number of imidazole rings is 2. The first kappa shape index (κ1) is 36.0. The molecule has 2 saturated heterocycles. The Kier molecular flexibility index (Phi) is 9.64. The predicted octanol–water partition coefficient (Wildman–Crippen LogP) is 10.1. The molecule has 0 saturated carbocycles. The number of carbonyl (C=O) groups is 2. The molecule has 6 rings (SSSR count). The zero-order valence-corrected chi connectivity index (χ0v) is 32.5. The summed E-state index contributed by atoms with van der Waals surface area (Å²) < 4.78 is 11.4. The zero-order valence-electron chi connectivity index (χ0n) is 30.0. The van der Waals surface area contributed by atoms with Crippen molar-refractivity contribution in [1.82, 2.24) is 29.7 Å². The quantitative estimate of drug-likeness (QED) is 0.197. The Morgan fingerprint density at radius 3 is 1.60 bits per heavy atom. The summed E-state index contributed by atoms with van der Waals surface area (Å²) >= 11 is 13.3. The van der Waals surface area contributed by atoms with Gasteiger partial charge in [0, 0.05) is 23.8 Å². The number of nitrogens with zero attached hydrogens (tertiary/aromatic N) is 4. The molecule has 2 aliphatic rings. The van der Waals surface area contributed by atoms with Gasteiger partial charge in [0.15, 0.2) is 10.3 Å². The number of rotatable bonds is 5. The van der Waals surface area contributed by atoms with Crippen LogP contribution in [0.3, 0.4) is 0 Å². The first-order valence-electron chi connectivity index (χ1n) is 17.1. The van der Waals surface area contributed by atoms with E-state index in [0.717, 1.165) is 46.8 Å². The first-order valence-corrected chi connectivity index (χ1v) is 21.3. The van der Waals surface area contributed by atoms with E-state index in [1.54, 1.807) is 4.90 Å². The van der Waals surface area contributed by atoms with Gasteiger partial charge in [-0.3, -0.25) is 4.90 Å². The predicted molar refractivity (Wildman–Crippen MR) is 200 cm³/mol. The summed E-state index contributed by atoms with van der Waals surface area (Å²) in [7, 11) is -1.68. The summed E-state index contributed by atoms with van der Waals surface area (Å²) in [5.74, 6) is 1.34. The summed E-state index contributed by atoms with van der Waals surface area (Å²) in [6, 6.07) is 16.7. The van der Waals surface area contributed by atoms with E-state index in [2.05, 4.69) is 33.0 Å². The number of likely N-dealkylation sites (tertiary alicyclic amines) is 1. The van der Waals surface area contributed by atoms with Crippen LogP contribution in [-0.2, 0) is 9.47 Å². The number of halogens is 2. The van der Waals surface area contributed by atoms with Crippen molar-refractivity contribution in [3.8, 4) is 33.6 Å². The molecule has 2 N–H and O–H groups in total. The van der Waals surface area contributed by atoms with Crippen molar-refractivity contribution >= 4 is 43.5 Å². The summed E-state index contributed by atoms with van der Waals surface area (Å²) in [4.78, 5) is 45.6. The topological polar surface area (TPSA) is 116 Å². The number of carbonyl (C=O) groups excluding carboxylic acids is 2. The minimum Gasteiger partial charge on any atom is -0.444 e. The molecule has 2 aromatic carbocycles. The van der Waals surface area contributed by atoms with E-state index in [1.165, 1.54) is 0 Å². The standard InChI is InChI=1S/C37H46Cl2N6O4Si/c1-36(2,3)48-34(46)44-19-9-10-26(44)32-40-28(30(38)42-32)24-15-11-22(12-16-24)23-13-17-25(18-14-23)29-31(39)43-33(41-29)27-20-50(7,8)21-45(27)35(47)49-37(4,5)6/h11-18,26-27H,9-10,19-21H2,1-8H3,(H,40,42)(H,41,43)/t26-,27?/m0/s1. The van der Waals surface area contributed by atoms with Crippen LogP contribution in [0.4, 0.5) is 9.59 Å². The normalized spacial score (nSPS) is 19.2. The van der Waals surface area contributed by atoms with E-state index in [9.17, 15) is 9.59 Å². The molecular formula is C37H46Cl2N6O4Si. The fourth-order valence-corrected chi connectivity index (χ4v) is 10.1. The van der Waals surface area contributed by atoms with Crippen molar-refractivity contribution in [1.29, 1.82) is 0 Å². The average Bonchev–Trinajstić information content (AvgIpc) is 3.80. The number of aromatic amines is 2. The molecule has 2 aliphatic heterocycles. The summed E-state index contributed by atoms with van der Waals surface area (Å²) in [6.45, 7) is 16.4. The maximum absolute atomic E-state index is 13.1. The summed E-state index contributed by atoms with van der Waals surface area (Å²) in [5, 5.41) is 0.733. The van der Waals surface area contributed by atoms with Gasteiger partial charge in [0.1, 0.15) is 22.9 Å². The van der Waals surface area contributed by atoms with E-state index in [1.807, 2.05) is 95.0 Å². The largest absolute Gasteiger partial charge is 0.444 e. The third-order valence-electron chi connectivity index (χ3n) is 8.90. The van der Waals surface area contributed by atoms with E-state index in [-0.39, 0.29) is 24.3 Å². The van der Waals surface area contributed by atoms with E-state index in [0.29, 0.717) is 40.4 Å². The second kappa shape index (κ2) is 13.4. The van der Waals surface area contributed by atoms with Crippen molar-refractivity contribution in [2.45, 2.75) is 96.8 Å². The second-order valence-corrected chi connectivity index (χ2v) is 21.8. The minimum absolute atomic E-state index is 0.211. The lowest BCUT2D eigenvalue weighted by Crippen LogP contribution is -2.39. The molecule has 0 spiro atoms. The SMILES string of the molecule is CC(C)(C)OC(=O)N1C[Si](C)(C)CC1c1nc(Cl)c(-c2ccc(-c3ccc(-c4[nH]c([C@@H]5CCCN5C(=O)OC(C)(C)C)nc4Cl)cc3)cc2)[nH]1. The highest BCUT2D eigenvalue weighted by Gasteiger charge is 2.45. The van der Waals surface area contributed by atoms with Crippen LogP contribution in [0, 0.1) is 0 Å². The van der Waals surface area contributed by atoms with Gasteiger partial charge in [0.2, 0.25) is 0 Å². The highest BCUT2D eigenvalue weighted by molar-refractivity contribution is 6.78. The molecule has 1 unspecified atom stereocenters. The highest BCUT2D eigenvalue weighted by atomic mass is 35.5. The fourth-order valence-electron chi connectivity index (χ4n) is 6.71. The van der Waals surface area contributed by atoms with Gasteiger partial charge in [-0.1, -0.05) is 84.8 Å². The van der Waals surface area contributed by atoms with E-state index in [4.69, 9.17) is 32.7 Å². The molecule has 50 heavy (non-hydrogen) atoms. The van der Waals surface area contributed by atoms with Crippen LogP contribution in [0.5, 0.6) is 0 Å². The Morgan fingerprint density at radius 2 is 1.14 bits per heavy atom. The van der Waals surface area contributed by atoms with Gasteiger partial charge in [-0.2, -0.15) is 0 Å². The number of amides is 2. The van der Waals surface area contributed by atoms with Crippen LogP contribution in [-0.4, -0.2) is 73.9 Å². The summed E-state index contributed by atoms with van der Waals surface area (Å²) in [6.07, 6.45) is 1.69. The van der Waals surface area contributed by atoms with Crippen LogP contribution in [0.25, 0.3) is 33.6 Å². The number of benzene rings is 2. The fraction of sp³-hybridized carbons (Fsp3) is 0.459. The van der Waals surface area contributed by atoms with Crippen LogP contribution in [0.2, 0.25) is 29.4 Å². The second-order valence-electron chi connectivity index (χ2n) is 16.1. The number of hydrogen-bond donors (Lipinski definition) is 2. The smallest absolute Gasteiger partial charge is 0.410 e. The lowest BCUT2D eigenvalue weighted by Gasteiger charge is -2.28. The maximum atomic E-state index is 13.1. The molecule has 0 radical (unpaired) electrons. The third kappa shape index (κ3) is 7.90. The van der Waals surface area contributed by atoms with E-state index < -0.39 is 19.3 Å². The first-order chi connectivity index (χ1) is 23.4. The van der Waals surface area contributed by atoms with Crippen molar-refractivity contribution < 1.29 is 19.1 Å². The minimum atomic E-state index is -1.68. The molecule has 0 bridgehead atoms. The van der Waals surface area contributed by atoms with Gasteiger partial charge >= 0.3 is 12.2 Å². The summed E-state index contributed by atoms with van der Waals surface area (Å²) in [5.41, 5.74) is 4.13. The number of aromatic nitrogens is 4. The van der Waals surface area contributed by atoms with Crippen molar-refractivity contribution in [3.05, 3.63) is 70.5 Å². The molecule has 0 aliphatic carbocycles. The monoisotopic (exact) mass is 736 g/mol. The van der Waals surface area contributed by atoms with Gasteiger partial charge in [0.05, 0.1) is 31.5 Å². The molecule has 4 heterocycles. The zero-order chi connectivity index (χ0) is 36.2. The molecule has 2 aromatic heterocycles. The molecule has 4 aromatic rings. The highest BCUT2D eigenvalue weighted by Crippen LogP contribution is 2.40. The molecule has 10 nitrogen and oxygen atoms in total. The lowest BCUT2D eigenvalue weighted by atomic mass is 10.0. The van der Waals surface area contributed by atoms with Crippen LogP contribution >= 0.6 is 23.2 Å². The van der Waals surface area contributed by atoms with Crippen molar-refractivity contribution in [2.24, 2.45) is 0 Å². The Balaban J connectivity index is 1.17. The number of ether oxygens (including phenoxy) is 2. The number of nitrogens with one attached hydrogen (secondary N) is 2. The molecule has 266 valence electrons. The van der Waals surface area contributed by atoms with Gasteiger partial charge in [-0.05, 0) is 71.6 Å². The van der Waals surface area contributed by atoms with Crippen molar-refractivity contribution in [2.75, 3.05) is 12.7 Å². The van der Waals surface area contributed by atoms with E-state index >= 15 is 0 Å². The van der Waals surface area contributed by atoms with Crippen molar-refractivity contribution in [3.63, 3.8) is 0 Å². The third-order valence-corrected chi connectivity index (χ3v) is 12.1. The molecule has 2 amide bonds. The number of H-pyrrole nitrogens is 2. The van der Waals surface area contributed by atoms with Gasteiger partial charge < -0.3 is 24.3 Å². The average molecular weight is 738 g/mol. The molecule has 13 heteroatoms. The van der Waals surface area contributed by atoms with Gasteiger partial charge in [0.25, 0.3) is 0 Å². The molecule has 2 fully saturated rings. The number of hydrogen-bond acceptors (Lipinski definition) is 6. The Morgan fingerprint density at radius 1 is 0.720 bits per heavy atom. The van der Waals surface area contributed by atoms with Crippen LogP contribution < -0.4 is 0 Å². The van der Waals surface area contributed by atoms with Gasteiger partial charge in [-0.15, -0.1) is 0 Å². The Hall–Kier alpha value is -3.80. The van der Waals surface area contributed by atoms with Gasteiger partial charge in [-0.25, -0.2) is 19.6 Å². The maximum Gasteiger partial charge on any atom is 0.410 e. The Bertz CT molecular complexity index is 1880. The van der Waals surface area contributed by atoms with Crippen LogP contribution in [0.15, 0.2) is 48.5 Å².